The van der Waals surface area contributed by atoms with E-state index in [1.165, 1.54) is 6.92 Å². The highest BCUT2D eigenvalue weighted by Crippen LogP contribution is 2.19. The Morgan fingerprint density at radius 3 is 2.34 bits per heavy atom. The fourth-order valence-electron chi connectivity index (χ4n) is 3.51. The predicted molar refractivity (Wildman–Crippen MR) is 129 cm³/mol. The summed E-state index contributed by atoms with van der Waals surface area (Å²) in [6, 6.07) is 2.97. The molecular weight excluding hydrogens is 456 g/mol. The van der Waals surface area contributed by atoms with Crippen LogP contribution in [0, 0.1) is 0 Å². The SMILES string of the molecule is CC(NC(=O)C(Cc1c[nH]c2ccccc12)NC(=O)C(N)CCCCN)C(=O)NC(CO)C(=O)O. The van der Waals surface area contributed by atoms with Crippen LogP contribution in [0.1, 0.15) is 31.7 Å². The van der Waals surface area contributed by atoms with Gasteiger partial charge in [0.25, 0.3) is 0 Å². The number of fused-ring (bicyclic) bond motifs is 1. The summed E-state index contributed by atoms with van der Waals surface area (Å²) in [5.41, 5.74) is 13.1. The second-order valence-electron chi connectivity index (χ2n) is 8.33. The fraction of sp³-hybridized carbons (Fsp3) is 0.478. The molecule has 10 N–H and O–H groups in total. The quantitative estimate of drug-likeness (QED) is 0.149. The first-order valence-corrected chi connectivity index (χ1v) is 11.4. The van der Waals surface area contributed by atoms with Crippen LogP contribution < -0.4 is 27.4 Å². The molecule has 2 rings (SSSR count). The minimum absolute atomic E-state index is 0.125. The molecule has 1 aromatic heterocycles. The van der Waals surface area contributed by atoms with Gasteiger partial charge in [-0.25, -0.2) is 4.79 Å². The molecule has 12 heteroatoms. The van der Waals surface area contributed by atoms with Crippen molar-refractivity contribution in [3.05, 3.63) is 36.0 Å². The van der Waals surface area contributed by atoms with E-state index in [0.29, 0.717) is 19.4 Å². The van der Waals surface area contributed by atoms with E-state index >= 15 is 0 Å². The maximum absolute atomic E-state index is 13.1. The molecule has 0 aliphatic heterocycles. The van der Waals surface area contributed by atoms with Crippen LogP contribution in [0.4, 0.5) is 0 Å². The molecule has 35 heavy (non-hydrogen) atoms. The molecule has 3 amide bonds. The number of aromatic nitrogens is 1. The molecule has 1 heterocycles. The molecule has 0 radical (unpaired) electrons. The standard InChI is InChI=1S/C23H34N6O6/c1-13(20(31)29-19(12-30)23(34)35)27-22(33)18(28-21(32)16(25)7-4-5-9-24)10-14-11-26-17-8-3-2-6-15(14)17/h2-3,6,8,11,13,16,18-19,26,30H,4-5,7,9-10,12,24-25H2,1H3,(H,27,33)(H,28,32)(H,29,31)(H,34,35). The van der Waals surface area contributed by atoms with Gasteiger partial charge in [-0.1, -0.05) is 24.6 Å². The Balaban J connectivity index is 2.15. The van der Waals surface area contributed by atoms with Crippen molar-refractivity contribution in [2.24, 2.45) is 11.5 Å². The first-order chi connectivity index (χ1) is 16.7. The molecule has 0 fully saturated rings. The number of rotatable bonds is 14. The van der Waals surface area contributed by atoms with Crippen LogP contribution in [0.15, 0.2) is 30.5 Å². The molecule has 4 atom stereocenters. The Kier molecular flexibility index (Phi) is 10.6. The molecule has 192 valence electrons. The van der Waals surface area contributed by atoms with E-state index in [9.17, 15) is 19.2 Å². The van der Waals surface area contributed by atoms with Crippen molar-refractivity contribution < 1.29 is 29.4 Å². The van der Waals surface area contributed by atoms with Crippen LogP contribution in [0.2, 0.25) is 0 Å². The molecule has 0 aliphatic rings. The number of carbonyl (C=O) groups excluding carboxylic acids is 3. The van der Waals surface area contributed by atoms with Gasteiger partial charge in [-0.3, -0.25) is 14.4 Å². The lowest BCUT2D eigenvalue weighted by atomic mass is 10.0. The van der Waals surface area contributed by atoms with Gasteiger partial charge in [0.1, 0.15) is 18.1 Å². The van der Waals surface area contributed by atoms with Gasteiger partial charge >= 0.3 is 5.97 Å². The summed E-state index contributed by atoms with van der Waals surface area (Å²) in [5.74, 6) is -3.36. The lowest BCUT2D eigenvalue weighted by molar-refractivity contribution is -0.143. The molecule has 12 nitrogen and oxygen atoms in total. The number of aliphatic hydroxyl groups is 1. The molecule has 4 unspecified atom stereocenters. The zero-order chi connectivity index (χ0) is 26.0. The van der Waals surface area contributed by atoms with Crippen LogP contribution >= 0.6 is 0 Å². The van der Waals surface area contributed by atoms with Crippen molar-refractivity contribution in [3.8, 4) is 0 Å². The predicted octanol–water partition coefficient (Wildman–Crippen LogP) is -1.28. The fourth-order valence-corrected chi connectivity index (χ4v) is 3.51. The number of para-hydroxylation sites is 1. The van der Waals surface area contributed by atoms with Crippen LogP contribution in [0.3, 0.4) is 0 Å². The lowest BCUT2D eigenvalue weighted by Gasteiger charge is -2.23. The number of H-pyrrole nitrogens is 1. The number of nitrogens with two attached hydrogens (primary N) is 2. The average Bonchev–Trinajstić information content (AvgIpc) is 3.24. The Hall–Kier alpha value is -3.48. The van der Waals surface area contributed by atoms with Crippen LogP contribution in [0.25, 0.3) is 10.9 Å². The minimum Gasteiger partial charge on any atom is -0.480 e. The number of hydrogen-bond donors (Lipinski definition) is 8. The average molecular weight is 491 g/mol. The number of carboxylic acid groups (broad SMARTS) is 1. The Morgan fingerprint density at radius 1 is 1.00 bits per heavy atom. The molecule has 0 aliphatic carbocycles. The van der Waals surface area contributed by atoms with Crippen molar-refractivity contribution in [3.63, 3.8) is 0 Å². The third kappa shape index (κ3) is 8.05. The minimum atomic E-state index is -1.50. The van der Waals surface area contributed by atoms with Crippen molar-refractivity contribution in [2.75, 3.05) is 13.2 Å². The van der Waals surface area contributed by atoms with E-state index in [1.807, 2.05) is 24.3 Å². The Labute approximate surface area is 202 Å². The second kappa shape index (κ2) is 13.4. The van der Waals surface area contributed by atoms with Gasteiger partial charge in [0.15, 0.2) is 0 Å². The summed E-state index contributed by atoms with van der Waals surface area (Å²) in [4.78, 5) is 52.3. The summed E-state index contributed by atoms with van der Waals surface area (Å²) in [6.45, 7) is 1.05. The van der Waals surface area contributed by atoms with Gasteiger partial charge in [0.05, 0.1) is 12.6 Å². The first kappa shape index (κ1) is 27.8. The normalized spacial score (nSPS) is 14.5. The molecule has 1 aromatic carbocycles. The zero-order valence-corrected chi connectivity index (χ0v) is 19.6. The smallest absolute Gasteiger partial charge is 0.328 e. The van der Waals surface area contributed by atoms with Gasteiger partial charge in [-0.05, 0) is 37.9 Å². The van der Waals surface area contributed by atoms with E-state index in [2.05, 4.69) is 20.9 Å². The monoisotopic (exact) mass is 490 g/mol. The summed E-state index contributed by atoms with van der Waals surface area (Å²) < 4.78 is 0. The van der Waals surface area contributed by atoms with Gasteiger partial charge in [-0.2, -0.15) is 0 Å². The zero-order valence-electron chi connectivity index (χ0n) is 19.6. The number of carbonyl (C=O) groups is 4. The van der Waals surface area contributed by atoms with Gasteiger partial charge in [-0.15, -0.1) is 0 Å². The third-order valence-electron chi connectivity index (χ3n) is 5.59. The maximum atomic E-state index is 13.1. The van der Waals surface area contributed by atoms with Gasteiger partial charge < -0.3 is 42.6 Å². The van der Waals surface area contributed by atoms with Crippen molar-refractivity contribution in [1.82, 2.24) is 20.9 Å². The Bertz CT molecular complexity index is 1020. The number of hydrogen-bond acceptors (Lipinski definition) is 7. The van der Waals surface area contributed by atoms with Crippen molar-refractivity contribution in [1.29, 1.82) is 0 Å². The van der Waals surface area contributed by atoms with E-state index in [1.54, 1.807) is 6.20 Å². The number of nitrogens with one attached hydrogen (secondary N) is 4. The molecule has 0 bridgehead atoms. The van der Waals surface area contributed by atoms with E-state index in [-0.39, 0.29) is 6.42 Å². The Morgan fingerprint density at radius 2 is 1.69 bits per heavy atom. The van der Waals surface area contributed by atoms with E-state index in [4.69, 9.17) is 21.7 Å². The number of aliphatic carboxylic acids is 1. The first-order valence-electron chi connectivity index (χ1n) is 11.4. The number of carboxylic acids is 1. The summed E-state index contributed by atoms with van der Waals surface area (Å²) >= 11 is 0. The van der Waals surface area contributed by atoms with Gasteiger partial charge in [0, 0.05) is 23.5 Å². The van der Waals surface area contributed by atoms with Crippen LogP contribution in [-0.2, 0) is 25.6 Å². The molecule has 2 aromatic rings. The third-order valence-corrected chi connectivity index (χ3v) is 5.59. The number of aromatic amines is 1. The highest BCUT2D eigenvalue weighted by Gasteiger charge is 2.28. The molecular formula is C23H34N6O6. The highest BCUT2D eigenvalue weighted by atomic mass is 16.4. The molecule has 0 spiro atoms. The van der Waals surface area contributed by atoms with E-state index < -0.39 is 54.5 Å². The van der Waals surface area contributed by atoms with E-state index in [0.717, 1.165) is 22.9 Å². The highest BCUT2D eigenvalue weighted by molar-refractivity contribution is 5.94. The second-order valence-corrected chi connectivity index (χ2v) is 8.33. The maximum Gasteiger partial charge on any atom is 0.328 e. The number of unbranched alkanes of at least 4 members (excludes halogenated alkanes) is 1. The van der Waals surface area contributed by atoms with Crippen molar-refractivity contribution in [2.45, 2.75) is 56.8 Å². The number of aliphatic hydroxyl groups excluding tert-OH is 1. The van der Waals surface area contributed by atoms with Gasteiger partial charge in [0.2, 0.25) is 17.7 Å². The molecule has 0 saturated heterocycles. The van der Waals surface area contributed by atoms with Crippen LogP contribution in [-0.4, -0.2) is 76.2 Å². The number of amides is 3. The van der Waals surface area contributed by atoms with Crippen LogP contribution in [0.5, 0.6) is 0 Å². The largest absolute Gasteiger partial charge is 0.480 e. The molecule has 0 saturated carbocycles. The number of benzene rings is 1. The summed E-state index contributed by atoms with van der Waals surface area (Å²) in [7, 11) is 0. The summed E-state index contributed by atoms with van der Waals surface area (Å²) in [6.07, 6.45) is 3.66. The van der Waals surface area contributed by atoms with Crippen molar-refractivity contribution >= 4 is 34.6 Å². The lowest BCUT2D eigenvalue weighted by Crippen LogP contribution is -2.57. The topological polar surface area (TPSA) is 213 Å². The summed E-state index contributed by atoms with van der Waals surface area (Å²) in [5, 5.41) is 26.3.